The van der Waals surface area contributed by atoms with Crippen molar-refractivity contribution in [2.45, 2.75) is 25.7 Å². The quantitative estimate of drug-likeness (QED) is 0.632. The number of hydrogen-bond acceptors (Lipinski definition) is 5. The summed E-state index contributed by atoms with van der Waals surface area (Å²) in [5.74, 6) is 1.76. The van der Waals surface area contributed by atoms with Crippen LogP contribution in [0, 0.1) is 5.92 Å². The number of likely N-dealkylation sites (tertiary alicyclic amines) is 1. The van der Waals surface area contributed by atoms with E-state index >= 15 is 0 Å². The number of methoxy groups -OCH3 is 1. The molecule has 1 amide bonds. The van der Waals surface area contributed by atoms with E-state index in [1.807, 2.05) is 24.1 Å². The smallest absolute Gasteiger partial charge is 0.223 e. The largest absolute Gasteiger partial charge is 0.497 e. The maximum atomic E-state index is 12.5. The number of benzene rings is 1. The van der Waals surface area contributed by atoms with E-state index in [9.17, 15) is 4.79 Å². The minimum atomic E-state index is 0.270. The van der Waals surface area contributed by atoms with Gasteiger partial charge in [0, 0.05) is 52.7 Å². The van der Waals surface area contributed by atoms with Crippen LogP contribution in [0.5, 0.6) is 5.75 Å². The summed E-state index contributed by atoms with van der Waals surface area (Å²) in [5.41, 5.74) is 1.35. The summed E-state index contributed by atoms with van der Waals surface area (Å²) in [4.78, 5) is 19.4. The Morgan fingerprint density at radius 3 is 2.62 bits per heavy atom. The third kappa shape index (κ3) is 7.28. The van der Waals surface area contributed by atoms with Crippen LogP contribution in [0.1, 0.15) is 24.8 Å². The van der Waals surface area contributed by atoms with E-state index in [1.54, 1.807) is 7.11 Å². The van der Waals surface area contributed by atoms with E-state index in [1.165, 1.54) is 24.9 Å². The van der Waals surface area contributed by atoms with E-state index in [-0.39, 0.29) is 5.91 Å². The van der Waals surface area contributed by atoms with Crippen LogP contribution >= 0.6 is 0 Å². The molecule has 0 saturated carbocycles. The molecule has 2 heterocycles. The van der Waals surface area contributed by atoms with Gasteiger partial charge in [-0.2, -0.15) is 0 Å². The lowest BCUT2D eigenvalue weighted by atomic mass is 9.97. The van der Waals surface area contributed by atoms with Crippen LogP contribution in [-0.4, -0.2) is 93.8 Å². The van der Waals surface area contributed by atoms with Crippen molar-refractivity contribution in [2.75, 3.05) is 73.2 Å². The minimum Gasteiger partial charge on any atom is -0.497 e. The molecular weight excluding hydrogens is 366 g/mol. The lowest BCUT2D eigenvalue weighted by molar-refractivity contribution is -0.131. The highest BCUT2D eigenvalue weighted by atomic mass is 16.5. The van der Waals surface area contributed by atoms with Crippen molar-refractivity contribution in [3.63, 3.8) is 0 Å². The molecule has 29 heavy (non-hydrogen) atoms. The zero-order valence-electron chi connectivity index (χ0n) is 18.1. The topological polar surface area (TPSA) is 45.2 Å². The molecule has 0 unspecified atom stereocenters. The van der Waals surface area contributed by atoms with Crippen molar-refractivity contribution in [3.05, 3.63) is 29.8 Å². The molecule has 1 atom stereocenters. The molecule has 0 aromatic heterocycles. The highest BCUT2D eigenvalue weighted by Gasteiger charge is 2.23. The third-order valence-corrected chi connectivity index (χ3v) is 6.18. The van der Waals surface area contributed by atoms with Crippen LogP contribution in [0.3, 0.4) is 0 Å². The SMILES string of the molecule is COc1ccc(CCN2CCC[C@@H](CN(C)C(=O)CCN3CCOCC3)C2)cc1. The Balaban J connectivity index is 1.37. The number of nitrogens with zero attached hydrogens (tertiary/aromatic N) is 3. The van der Waals surface area contributed by atoms with Gasteiger partial charge in [-0.15, -0.1) is 0 Å². The Kier molecular flexibility index (Phi) is 8.77. The van der Waals surface area contributed by atoms with Crippen LogP contribution in [0.25, 0.3) is 0 Å². The molecule has 0 aliphatic carbocycles. The first-order valence-electron chi connectivity index (χ1n) is 11.0. The number of ether oxygens (including phenoxy) is 2. The number of amides is 1. The molecule has 0 spiro atoms. The van der Waals surface area contributed by atoms with Crippen molar-refractivity contribution in [1.29, 1.82) is 0 Å². The van der Waals surface area contributed by atoms with Gasteiger partial charge in [0.05, 0.1) is 20.3 Å². The van der Waals surface area contributed by atoms with E-state index in [0.717, 1.165) is 64.7 Å². The van der Waals surface area contributed by atoms with Gasteiger partial charge in [-0.1, -0.05) is 12.1 Å². The molecule has 6 heteroatoms. The maximum absolute atomic E-state index is 12.5. The molecule has 1 aromatic carbocycles. The Morgan fingerprint density at radius 2 is 1.90 bits per heavy atom. The van der Waals surface area contributed by atoms with Gasteiger partial charge in [-0.05, 0) is 49.4 Å². The van der Waals surface area contributed by atoms with Crippen LogP contribution in [0.4, 0.5) is 0 Å². The Morgan fingerprint density at radius 1 is 1.14 bits per heavy atom. The van der Waals surface area contributed by atoms with Gasteiger partial charge in [0.15, 0.2) is 0 Å². The first-order chi connectivity index (χ1) is 14.1. The zero-order valence-corrected chi connectivity index (χ0v) is 18.1. The van der Waals surface area contributed by atoms with Crippen molar-refractivity contribution in [3.8, 4) is 5.75 Å². The fourth-order valence-electron chi connectivity index (χ4n) is 4.34. The predicted octanol–water partition coefficient (Wildman–Crippen LogP) is 2.13. The van der Waals surface area contributed by atoms with E-state index < -0.39 is 0 Å². The summed E-state index contributed by atoms with van der Waals surface area (Å²) in [6.45, 7) is 8.55. The number of hydrogen-bond donors (Lipinski definition) is 0. The van der Waals surface area contributed by atoms with E-state index in [2.05, 4.69) is 21.9 Å². The molecule has 1 aromatic rings. The number of morpholine rings is 1. The van der Waals surface area contributed by atoms with Gasteiger partial charge in [0.25, 0.3) is 0 Å². The lowest BCUT2D eigenvalue weighted by Gasteiger charge is -2.35. The fraction of sp³-hybridized carbons (Fsp3) is 0.696. The van der Waals surface area contributed by atoms with Gasteiger partial charge in [0.2, 0.25) is 5.91 Å². The third-order valence-electron chi connectivity index (χ3n) is 6.18. The van der Waals surface area contributed by atoms with E-state index in [4.69, 9.17) is 9.47 Å². The monoisotopic (exact) mass is 403 g/mol. The number of rotatable bonds is 9. The van der Waals surface area contributed by atoms with Gasteiger partial charge in [-0.25, -0.2) is 0 Å². The average molecular weight is 404 g/mol. The summed E-state index contributed by atoms with van der Waals surface area (Å²) >= 11 is 0. The van der Waals surface area contributed by atoms with Crippen LogP contribution in [0.15, 0.2) is 24.3 Å². The van der Waals surface area contributed by atoms with E-state index in [0.29, 0.717) is 12.3 Å². The molecule has 162 valence electrons. The molecule has 0 N–H and O–H groups in total. The predicted molar refractivity (Wildman–Crippen MR) is 115 cm³/mol. The van der Waals surface area contributed by atoms with Crippen LogP contribution < -0.4 is 4.74 Å². The van der Waals surface area contributed by atoms with Gasteiger partial charge in [-0.3, -0.25) is 9.69 Å². The summed E-state index contributed by atoms with van der Waals surface area (Å²) in [6, 6.07) is 8.38. The van der Waals surface area contributed by atoms with Gasteiger partial charge < -0.3 is 19.3 Å². The molecule has 3 rings (SSSR count). The average Bonchev–Trinajstić information content (AvgIpc) is 2.77. The summed E-state index contributed by atoms with van der Waals surface area (Å²) in [6.07, 6.45) is 4.12. The molecule has 2 saturated heterocycles. The van der Waals surface area contributed by atoms with Gasteiger partial charge >= 0.3 is 0 Å². The van der Waals surface area contributed by atoms with Gasteiger partial charge in [0.1, 0.15) is 5.75 Å². The highest BCUT2D eigenvalue weighted by Crippen LogP contribution is 2.19. The zero-order chi connectivity index (χ0) is 20.5. The van der Waals surface area contributed by atoms with Crippen molar-refractivity contribution < 1.29 is 14.3 Å². The highest BCUT2D eigenvalue weighted by molar-refractivity contribution is 5.76. The minimum absolute atomic E-state index is 0.270. The van der Waals surface area contributed by atoms with Crippen LogP contribution in [-0.2, 0) is 16.0 Å². The number of carbonyl (C=O) groups excluding carboxylic acids is 1. The summed E-state index contributed by atoms with van der Waals surface area (Å²) in [5, 5.41) is 0. The standard InChI is InChI=1S/C23H37N3O3/c1-24(23(27)10-13-25-14-16-29-17-15-25)18-21-4-3-11-26(19-21)12-9-20-5-7-22(28-2)8-6-20/h5-8,21H,3-4,9-19H2,1-2H3/t21-/m0/s1. The second-order valence-electron chi connectivity index (χ2n) is 8.39. The molecule has 2 aliphatic heterocycles. The second-order valence-corrected chi connectivity index (χ2v) is 8.39. The first-order valence-corrected chi connectivity index (χ1v) is 11.0. The molecule has 2 aliphatic rings. The molecule has 2 fully saturated rings. The Labute approximate surface area is 175 Å². The lowest BCUT2D eigenvalue weighted by Crippen LogP contribution is -2.43. The van der Waals surface area contributed by atoms with Crippen molar-refractivity contribution >= 4 is 5.91 Å². The molecule has 0 bridgehead atoms. The normalized spacial score (nSPS) is 21.1. The molecule has 6 nitrogen and oxygen atoms in total. The van der Waals surface area contributed by atoms with Crippen LogP contribution in [0.2, 0.25) is 0 Å². The number of piperidine rings is 1. The van der Waals surface area contributed by atoms with Crippen molar-refractivity contribution in [2.24, 2.45) is 5.92 Å². The molecule has 0 radical (unpaired) electrons. The van der Waals surface area contributed by atoms with Crippen molar-refractivity contribution in [1.82, 2.24) is 14.7 Å². The second kappa shape index (κ2) is 11.5. The summed E-state index contributed by atoms with van der Waals surface area (Å²) < 4.78 is 10.6. The Hall–Kier alpha value is -1.63. The molecular formula is C23H37N3O3. The Bertz CT molecular complexity index is 616. The fourth-order valence-corrected chi connectivity index (χ4v) is 4.34. The summed E-state index contributed by atoms with van der Waals surface area (Å²) in [7, 11) is 3.67. The maximum Gasteiger partial charge on any atom is 0.223 e. The number of carbonyl (C=O) groups is 1. The first kappa shape index (κ1) is 22.1.